The molecule has 0 radical (unpaired) electrons. The summed E-state index contributed by atoms with van der Waals surface area (Å²) in [6, 6.07) is 8.45. The van der Waals surface area contributed by atoms with Crippen LogP contribution in [0.3, 0.4) is 0 Å². The molecule has 0 aliphatic heterocycles. The average molecular weight is 396 g/mol. The summed E-state index contributed by atoms with van der Waals surface area (Å²) >= 11 is 0. The molecule has 1 unspecified atom stereocenters. The first-order valence-corrected chi connectivity index (χ1v) is 9.34. The van der Waals surface area contributed by atoms with Crippen molar-refractivity contribution in [3.63, 3.8) is 0 Å². The first kappa shape index (κ1) is 17.7. The van der Waals surface area contributed by atoms with Crippen LogP contribution in [-0.2, 0) is 0 Å². The van der Waals surface area contributed by atoms with E-state index in [2.05, 4.69) is 25.5 Å². The fourth-order valence-electron chi connectivity index (χ4n) is 3.41. The molecule has 1 fully saturated rings. The number of aliphatic hydroxyl groups is 1. The first-order chi connectivity index (χ1) is 14.1. The van der Waals surface area contributed by atoms with Gasteiger partial charge in [-0.25, -0.2) is 18.7 Å². The standard InChI is InChI=1S/C20H18F2N6O/c21-13-5-3-12(4-6-13)17(9-29)28-10-23-16-7-14(22)19(25-20(16)28)24-18-8-15(26-27-18)11-1-2-11/h3-8,10-11,17,29H,1-2,9H2,(H2,24,25,26,27). The maximum absolute atomic E-state index is 14.5. The molecule has 1 aliphatic rings. The summed E-state index contributed by atoms with van der Waals surface area (Å²) in [5, 5.41) is 20.0. The van der Waals surface area contributed by atoms with Crippen LogP contribution in [0.15, 0.2) is 42.7 Å². The molecule has 0 saturated heterocycles. The minimum absolute atomic E-state index is 0.0175. The molecule has 29 heavy (non-hydrogen) atoms. The fourth-order valence-corrected chi connectivity index (χ4v) is 3.41. The van der Waals surface area contributed by atoms with Crippen molar-refractivity contribution in [1.29, 1.82) is 0 Å². The molecule has 148 valence electrons. The van der Waals surface area contributed by atoms with Crippen molar-refractivity contribution in [2.75, 3.05) is 11.9 Å². The molecule has 1 aromatic carbocycles. The van der Waals surface area contributed by atoms with E-state index in [9.17, 15) is 13.9 Å². The third-order valence-corrected chi connectivity index (χ3v) is 5.13. The van der Waals surface area contributed by atoms with E-state index in [1.807, 2.05) is 6.07 Å². The number of hydrogen-bond donors (Lipinski definition) is 3. The van der Waals surface area contributed by atoms with Crippen molar-refractivity contribution in [3.05, 3.63) is 65.6 Å². The highest BCUT2D eigenvalue weighted by atomic mass is 19.1. The Bertz CT molecular complexity index is 1170. The lowest BCUT2D eigenvalue weighted by Crippen LogP contribution is -2.14. The number of benzene rings is 1. The van der Waals surface area contributed by atoms with Gasteiger partial charge in [-0.05, 0) is 30.5 Å². The molecule has 1 aliphatic carbocycles. The molecular formula is C20H18F2N6O. The summed E-state index contributed by atoms with van der Waals surface area (Å²) in [7, 11) is 0. The molecule has 3 N–H and O–H groups in total. The van der Waals surface area contributed by atoms with E-state index in [1.165, 1.54) is 24.5 Å². The maximum Gasteiger partial charge on any atom is 0.170 e. The lowest BCUT2D eigenvalue weighted by molar-refractivity contribution is 0.251. The lowest BCUT2D eigenvalue weighted by atomic mass is 10.1. The van der Waals surface area contributed by atoms with Crippen LogP contribution in [0.5, 0.6) is 0 Å². The number of aromatic amines is 1. The van der Waals surface area contributed by atoms with Crippen molar-refractivity contribution >= 4 is 22.8 Å². The molecule has 0 bridgehead atoms. The van der Waals surface area contributed by atoms with Crippen molar-refractivity contribution in [3.8, 4) is 0 Å². The predicted molar refractivity (Wildman–Crippen MR) is 103 cm³/mol. The molecule has 4 aromatic rings. The second-order valence-electron chi connectivity index (χ2n) is 7.17. The number of H-pyrrole nitrogens is 1. The Morgan fingerprint density at radius 2 is 2.00 bits per heavy atom. The Hall–Kier alpha value is -3.33. The predicted octanol–water partition coefficient (Wildman–Crippen LogP) is 3.64. The smallest absolute Gasteiger partial charge is 0.170 e. The first-order valence-electron chi connectivity index (χ1n) is 9.34. The zero-order valence-corrected chi connectivity index (χ0v) is 15.3. The Labute approximate surface area is 164 Å². The molecule has 0 spiro atoms. The Morgan fingerprint density at radius 3 is 2.72 bits per heavy atom. The second kappa shape index (κ2) is 6.93. The van der Waals surface area contributed by atoms with E-state index in [4.69, 9.17) is 0 Å². The van der Waals surface area contributed by atoms with E-state index >= 15 is 0 Å². The van der Waals surface area contributed by atoms with Gasteiger partial charge in [0.2, 0.25) is 0 Å². The summed E-state index contributed by atoms with van der Waals surface area (Å²) < 4.78 is 29.4. The van der Waals surface area contributed by atoms with Gasteiger partial charge in [0.05, 0.1) is 19.0 Å². The molecule has 9 heteroatoms. The minimum Gasteiger partial charge on any atom is -0.394 e. The topological polar surface area (TPSA) is 91.7 Å². The Morgan fingerprint density at radius 1 is 1.21 bits per heavy atom. The van der Waals surface area contributed by atoms with Crippen LogP contribution in [-0.4, -0.2) is 36.4 Å². The number of fused-ring (bicyclic) bond motifs is 1. The van der Waals surface area contributed by atoms with Gasteiger partial charge in [-0.1, -0.05) is 12.1 Å². The average Bonchev–Trinajstić information content (AvgIpc) is 3.34. The molecule has 7 nitrogen and oxygen atoms in total. The highest BCUT2D eigenvalue weighted by Gasteiger charge is 2.26. The van der Waals surface area contributed by atoms with Gasteiger partial charge in [0.15, 0.2) is 23.1 Å². The van der Waals surface area contributed by atoms with Crippen LogP contribution in [0.1, 0.15) is 36.1 Å². The molecule has 0 amide bonds. The quantitative estimate of drug-likeness (QED) is 0.463. The van der Waals surface area contributed by atoms with E-state index in [0.717, 1.165) is 18.5 Å². The van der Waals surface area contributed by atoms with Gasteiger partial charge in [-0.15, -0.1) is 0 Å². The number of aliphatic hydroxyl groups excluding tert-OH is 1. The Kier molecular flexibility index (Phi) is 4.24. The number of hydrogen-bond acceptors (Lipinski definition) is 5. The number of halogens is 2. The van der Waals surface area contributed by atoms with Gasteiger partial charge >= 0.3 is 0 Å². The van der Waals surface area contributed by atoms with Crippen LogP contribution in [0.2, 0.25) is 0 Å². The van der Waals surface area contributed by atoms with E-state index in [1.54, 1.807) is 16.7 Å². The maximum atomic E-state index is 14.5. The molecule has 1 atom stereocenters. The van der Waals surface area contributed by atoms with Crippen LogP contribution in [0, 0.1) is 11.6 Å². The van der Waals surface area contributed by atoms with E-state index < -0.39 is 11.9 Å². The SMILES string of the molecule is OCC(c1ccc(F)cc1)n1cnc2cc(F)c(Nc3cc(C4CC4)[nH]n3)nc21. The van der Waals surface area contributed by atoms with Crippen LogP contribution in [0.4, 0.5) is 20.4 Å². The van der Waals surface area contributed by atoms with Crippen LogP contribution in [0.25, 0.3) is 11.2 Å². The number of nitrogens with zero attached hydrogens (tertiary/aromatic N) is 4. The third-order valence-electron chi connectivity index (χ3n) is 5.13. The zero-order chi connectivity index (χ0) is 20.0. The summed E-state index contributed by atoms with van der Waals surface area (Å²) in [4.78, 5) is 8.59. The highest BCUT2D eigenvalue weighted by Crippen LogP contribution is 2.39. The summed E-state index contributed by atoms with van der Waals surface area (Å²) in [6.45, 7) is -0.247. The van der Waals surface area contributed by atoms with Crippen molar-refractivity contribution in [2.24, 2.45) is 0 Å². The zero-order valence-electron chi connectivity index (χ0n) is 15.3. The second-order valence-corrected chi connectivity index (χ2v) is 7.17. The molecular weight excluding hydrogens is 378 g/mol. The van der Waals surface area contributed by atoms with Crippen LogP contribution >= 0.6 is 0 Å². The van der Waals surface area contributed by atoms with Crippen LogP contribution < -0.4 is 5.32 Å². The largest absolute Gasteiger partial charge is 0.394 e. The fraction of sp³-hybridized carbons (Fsp3) is 0.250. The highest BCUT2D eigenvalue weighted by molar-refractivity contribution is 5.75. The van der Waals surface area contributed by atoms with E-state index in [-0.39, 0.29) is 18.2 Å². The molecule has 1 saturated carbocycles. The number of aromatic nitrogens is 5. The summed E-state index contributed by atoms with van der Waals surface area (Å²) in [6.07, 6.45) is 3.75. The summed E-state index contributed by atoms with van der Waals surface area (Å²) in [5.74, 6) is 0.0869. The van der Waals surface area contributed by atoms with Gasteiger partial charge in [-0.2, -0.15) is 5.10 Å². The molecule has 5 rings (SSSR count). The number of anilines is 2. The van der Waals surface area contributed by atoms with Gasteiger partial charge in [0, 0.05) is 23.7 Å². The van der Waals surface area contributed by atoms with Gasteiger partial charge in [0.25, 0.3) is 0 Å². The van der Waals surface area contributed by atoms with Crippen molar-refractivity contribution in [2.45, 2.75) is 24.8 Å². The Balaban J connectivity index is 1.51. The normalized spacial score (nSPS) is 15.0. The third kappa shape index (κ3) is 3.33. The van der Waals surface area contributed by atoms with Crippen molar-refractivity contribution in [1.82, 2.24) is 24.7 Å². The van der Waals surface area contributed by atoms with Gasteiger partial charge < -0.3 is 15.0 Å². The van der Waals surface area contributed by atoms with Gasteiger partial charge in [0.1, 0.15) is 11.3 Å². The number of imidazole rings is 1. The summed E-state index contributed by atoms with van der Waals surface area (Å²) in [5.41, 5.74) is 2.47. The number of pyridine rings is 1. The molecule has 3 heterocycles. The lowest BCUT2D eigenvalue weighted by Gasteiger charge is -2.17. The van der Waals surface area contributed by atoms with Crippen molar-refractivity contribution < 1.29 is 13.9 Å². The van der Waals surface area contributed by atoms with Gasteiger partial charge in [-0.3, -0.25) is 5.10 Å². The number of rotatable bonds is 6. The van der Waals surface area contributed by atoms with E-state index in [0.29, 0.717) is 28.5 Å². The minimum atomic E-state index is -0.555. The molecule has 3 aromatic heterocycles. The monoisotopic (exact) mass is 396 g/mol. The number of nitrogens with one attached hydrogen (secondary N) is 2.